The summed E-state index contributed by atoms with van der Waals surface area (Å²) in [6.07, 6.45) is 1.70. The van der Waals surface area contributed by atoms with Gasteiger partial charge >= 0.3 is 11.7 Å². The van der Waals surface area contributed by atoms with Crippen molar-refractivity contribution >= 4 is 16.9 Å². The minimum absolute atomic E-state index is 0.0330. The van der Waals surface area contributed by atoms with Gasteiger partial charge in [-0.05, 0) is 42.2 Å². The Morgan fingerprint density at radius 3 is 2.64 bits per heavy atom. The van der Waals surface area contributed by atoms with Gasteiger partial charge in [0.2, 0.25) is 0 Å². The molecule has 1 aliphatic heterocycles. The van der Waals surface area contributed by atoms with Crippen LogP contribution in [0.4, 0.5) is 0 Å². The lowest BCUT2D eigenvalue weighted by Gasteiger charge is -2.28. The normalized spacial score (nSPS) is 14.1. The Morgan fingerprint density at radius 1 is 1.07 bits per heavy atom. The predicted molar refractivity (Wildman–Crippen MR) is 106 cm³/mol. The van der Waals surface area contributed by atoms with Crippen molar-refractivity contribution in [3.63, 3.8) is 0 Å². The Balaban J connectivity index is 1.48. The minimum Gasteiger partial charge on any atom is -0.478 e. The molecular formula is C21H21N3O4. The third-order valence-corrected chi connectivity index (χ3v) is 5.29. The van der Waals surface area contributed by atoms with E-state index in [9.17, 15) is 14.4 Å². The van der Waals surface area contributed by atoms with Crippen LogP contribution in [0.1, 0.15) is 27.9 Å². The molecule has 2 heterocycles. The average molecular weight is 379 g/mol. The van der Waals surface area contributed by atoms with Crippen LogP contribution in [0.15, 0.2) is 52.1 Å². The van der Waals surface area contributed by atoms with Crippen LogP contribution in [0.2, 0.25) is 0 Å². The second-order valence-electron chi connectivity index (χ2n) is 7.10. The van der Waals surface area contributed by atoms with Crippen molar-refractivity contribution in [2.75, 3.05) is 13.1 Å². The van der Waals surface area contributed by atoms with Gasteiger partial charge in [0.25, 0.3) is 5.56 Å². The quantitative estimate of drug-likeness (QED) is 0.705. The summed E-state index contributed by atoms with van der Waals surface area (Å²) in [7, 11) is 0. The van der Waals surface area contributed by atoms with Crippen LogP contribution in [0.25, 0.3) is 10.9 Å². The molecule has 28 heavy (non-hydrogen) atoms. The topological polar surface area (TPSA) is 95.4 Å². The van der Waals surface area contributed by atoms with Crippen molar-refractivity contribution in [3.05, 3.63) is 80.0 Å². The van der Waals surface area contributed by atoms with Gasteiger partial charge in [-0.15, -0.1) is 0 Å². The van der Waals surface area contributed by atoms with E-state index in [1.807, 2.05) is 6.07 Å². The molecule has 0 saturated heterocycles. The van der Waals surface area contributed by atoms with E-state index in [1.54, 1.807) is 0 Å². The smallest absolute Gasteiger partial charge is 0.335 e. The molecule has 1 aromatic heterocycles. The number of aromatic carboxylic acids is 1. The standard InChI is InChI=1S/C21H21N3O4/c25-19-17-7-6-15(20(26)27)12-18(17)22-21(28)24(19)10-3-9-23-11-8-14-4-1-2-5-16(14)13-23/h1-2,4-7,12H,3,8-11,13H2,(H,22,28)(H,26,27). The fraction of sp³-hybridized carbons (Fsp3) is 0.286. The van der Waals surface area contributed by atoms with Crippen LogP contribution in [0.3, 0.4) is 0 Å². The monoisotopic (exact) mass is 379 g/mol. The highest BCUT2D eigenvalue weighted by Gasteiger charge is 2.16. The zero-order valence-electron chi connectivity index (χ0n) is 15.4. The second-order valence-corrected chi connectivity index (χ2v) is 7.10. The highest BCUT2D eigenvalue weighted by Crippen LogP contribution is 2.18. The maximum absolute atomic E-state index is 12.7. The zero-order valence-corrected chi connectivity index (χ0v) is 15.4. The number of carbonyl (C=O) groups is 1. The third-order valence-electron chi connectivity index (χ3n) is 5.29. The van der Waals surface area contributed by atoms with Gasteiger partial charge in [-0.3, -0.25) is 14.3 Å². The molecule has 4 rings (SSSR count). The fourth-order valence-corrected chi connectivity index (χ4v) is 3.79. The van der Waals surface area contributed by atoms with Gasteiger partial charge in [-0.1, -0.05) is 24.3 Å². The number of nitrogens with zero attached hydrogens (tertiary/aromatic N) is 2. The molecule has 0 radical (unpaired) electrons. The fourth-order valence-electron chi connectivity index (χ4n) is 3.79. The number of rotatable bonds is 5. The lowest BCUT2D eigenvalue weighted by atomic mass is 10.00. The number of hydrogen-bond acceptors (Lipinski definition) is 4. The number of aromatic nitrogens is 2. The lowest BCUT2D eigenvalue weighted by molar-refractivity contribution is 0.0697. The van der Waals surface area contributed by atoms with Gasteiger partial charge in [0, 0.05) is 26.2 Å². The van der Waals surface area contributed by atoms with Crippen molar-refractivity contribution in [2.24, 2.45) is 0 Å². The number of carboxylic acids is 1. The Morgan fingerprint density at radius 2 is 1.86 bits per heavy atom. The van der Waals surface area contributed by atoms with Crippen molar-refractivity contribution < 1.29 is 9.90 Å². The number of aromatic amines is 1. The summed E-state index contributed by atoms with van der Waals surface area (Å²) in [6, 6.07) is 12.6. The molecule has 7 heteroatoms. The van der Waals surface area contributed by atoms with E-state index in [2.05, 4.69) is 28.1 Å². The first kappa shape index (κ1) is 18.2. The van der Waals surface area contributed by atoms with Crippen molar-refractivity contribution in [1.29, 1.82) is 0 Å². The molecule has 7 nitrogen and oxygen atoms in total. The van der Waals surface area contributed by atoms with Crippen LogP contribution in [0.5, 0.6) is 0 Å². The van der Waals surface area contributed by atoms with E-state index in [0.29, 0.717) is 18.4 Å². The Kier molecular flexibility index (Phi) is 4.83. The van der Waals surface area contributed by atoms with Crippen LogP contribution >= 0.6 is 0 Å². The van der Waals surface area contributed by atoms with Crippen molar-refractivity contribution in [2.45, 2.75) is 25.9 Å². The number of fused-ring (bicyclic) bond motifs is 2. The molecule has 0 aliphatic carbocycles. The van der Waals surface area contributed by atoms with Crippen LogP contribution in [0, 0.1) is 0 Å². The molecule has 144 valence electrons. The summed E-state index contributed by atoms with van der Waals surface area (Å²) in [5.74, 6) is -1.10. The summed E-state index contributed by atoms with van der Waals surface area (Å²) in [5.41, 5.74) is 2.11. The number of carboxylic acid groups (broad SMARTS) is 1. The first-order chi connectivity index (χ1) is 13.5. The maximum Gasteiger partial charge on any atom is 0.335 e. The van der Waals surface area contributed by atoms with Crippen molar-refractivity contribution in [1.82, 2.24) is 14.5 Å². The Bertz CT molecular complexity index is 1160. The van der Waals surface area contributed by atoms with E-state index in [1.165, 1.54) is 33.9 Å². The Labute approximate surface area is 160 Å². The highest BCUT2D eigenvalue weighted by molar-refractivity contribution is 5.92. The van der Waals surface area contributed by atoms with E-state index >= 15 is 0 Å². The minimum atomic E-state index is -1.10. The van der Waals surface area contributed by atoms with E-state index < -0.39 is 11.7 Å². The summed E-state index contributed by atoms with van der Waals surface area (Å²) < 4.78 is 1.20. The van der Waals surface area contributed by atoms with Gasteiger partial charge in [0.15, 0.2) is 0 Å². The summed E-state index contributed by atoms with van der Waals surface area (Å²) in [4.78, 5) is 41.0. The molecule has 0 fully saturated rings. The molecular weight excluding hydrogens is 358 g/mol. The van der Waals surface area contributed by atoms with Crippen LogP contribution in [-0.4, -0.2) is 38.6 Å². The van der Waals surface area contributed by atoms with Gasteiger partial charge in [-0.2, -0.15) is 0 Å². The molecule has 0 unspecified atom stereocenters. The van der Waals surface area contributed by atoms with Crippen LogP contribution < -0.4 is 11.2 Å². The first-order valence-electron chi connectivity index (χ1n) is 9.32. The first-order valence-corrected chi connectivity index (χ1v) is 9.32. The number of hydrogen-bond donors (Lipinski definition) is 2. The molecule has 2 N–H and O–H groups in total. The molecule has 2 aromatic carbocycles. The SMILES string of the molecule is O=C(O)c1ccc2c(=O)n(CCCN3CCc4ccccc4C3)c(=O)[nH]c2c1. The van der Waals surface area contributed by atoms with Crippen molar-refractivity contribution in [3.8, 4) is 0 Å². The summed E-state index contributed by atoms with van der Waals surface area (Å²) >= 11 is 0. The van der Waals surface area contributed by atoms with E-state index in [-0.39, 0.29) is 16.6 Å². The van der Waals surface area contributed by atoms with Gasteiger partial charge in [0.05, 0.1) is 16.5 Å². The number of nitrogens with one attached hydrogen (secondary N) is 1. The average Bonchev–Trinajstić information content (AvgIpc) is 2.69. The summed E-state index contributed by atoms with van der Waals surface area (Å²) in [5, 5.41) is 9.37. The zero-order chi connectivity index (χ0) is 19.7. The molecule has 0 spiro atoms. The largest absolute Gasteiger partial charge is 0.478 e. The van der Waals surface area contributed by atoms with Crippen LogP contribution in [-0.2, 0) is 19.5 Å². The predicted octanol–water partition coefficient (Wildman–Crippen LogP) is 1.84. The second kappa shape index (κ2) is 7.44. The van der Waals surface area contributed by atoms with E-state index in [0.717, 1.165) is 26.1 Å². The Hall–Kier alpha value is -3.19. The maximum atomic E-state index is 12.7. The molecule has 0 amide bonds. The lowest BCUT2D eigenvalue weighted by Crippen LogP contribution is -2.37. The molecule has 0 saturated carbocycles. The number of H-pyrrole nitrogens is 1. The molecule has 1 aliphatic rings. The highest BCUT2D eigenvalue weighted by atomic mass is 16.4. The number of benzene rings is 2. The third kappa shape index (κ3) is 3.48. The van der Waals surface area contributed by atoms with E-state index in [4.69, 9.17) is 5.11 Å². The van der Waals surface area contributed by atoms with Gasteiger partial charge in [-0.25, -0.2) is 9.59 Å². The van der Waals surface area contributed by atoms with Gasteiger partial charge < -0.3 is 10.1 Å². The summed E-state index contributed by atoms with van der Waals surface area (Å²) in [6.45, 7) is 2.98. The molecule has 0 bridgehead atoms. The molecule has 0 atom stereocenters. The molecule has 3 aromatic rings. The van der Waals surface area contributed by atoms with Gasteiger partial charge in [0.1, 0.15) is 0 Å².